The Bertz CT molecular complexity index is 398. The van der Waals surface area contributed by atoms with Crippen molar-refractivity contribution in [1.29, 1.82) is 0 Å². The van der Waals surface area contributed by atoms with Gasteiger partial charge in [0.05, 0.1) is 10.6 Å². The molecule has 0 amide bonds. The maximum Gasteiger partial charge on any atom is 0.179 e. The summed E-state index contributed by atoms with van der Waals surface area (Å²) in [5.74, 6) is 0.115. The Balaban J connectivity index is 3.06. The van der Waals surface area contributed by atoms with Gasteiger partial charge < -0.3 is 0 Å². The highest BCUT2D eigenvalue weighted by Gasteiger charge is 2.11. The molecule has 14 heavy (non-hydrogen) atoms. The van der Waals surface area contributed by atoms with Crippen LogP contribution in [-0.4, -0.2) is 19.2 Å². The minimum Gasteiger partial charge on any atom is -0.263 e. The van der Waals surface area contributed by atoms with Crippen molar-refractivity contribution in [3.8, 4) is 0 Å². The molecule has 0 aliphatic heterocycles. The molecule has 0 saturated heterocycles. The molecule has 3 nitrogen and oxygen atoms in total. The highest BCUT2D eigenvalue weighted by molar-refractivity contribution is 7.91. The number of sulfone groups is 1. The zero-order valence-electron chi connectivity index (χ0n) is 8.40. The first kappa shape index (κ1) is 11.2. The molecule has 1 aromatic rings. The number of hydrogen-bond acceptors (Lipinski definition) is 3. The molecule has 4 heteroatoms. The van der Waals surface area contributed by atoms with Crippen LogP contribution in [0.15, 0.2) is 23.4 Å². The van der Waals surface area contributed by atoms with Crippen molar-refractivity contribution < 1.29 is 8.42 Å². The third-order valence-electron chi connectivity index (χ3n) is 1.91. The van der Waals surface area contributed by atoms with E-state index in [0.717, 1.165) is 12.0 Å². The van der Waals surface area contributed by atoms with E-state index in [-0.39, 0.29) is 5.75 Å². The monoisotopic (exact) mass is 212 g/mol. The second kappa shape index (κ2) is 4.55. The largest absolute Gasteiger partial charge is 0.263 e. The van der Waals surface area contributed by atoms with E-state index in [1.54, 1.807) is 19.2 Å². The summed E-state index contributed by atoms with van der Waals surface area (Å²) in [6.45, 7) is 3.63. The van der Waals surface area contributed by atoms with E-state index >= 15 is 0 Å². The molecular weight excluding hydrogens is 198 g/mol. The summed E-state index contributed by atoms with van der Waals surface area (Å²) < 4.78 is 23.0. The first-order chi connectivity index (χ1) is 6.60. The van der Waals surface area contributed by atoms with Crippen molar-refractivity contribution in [2.24, 2.45) is 0 Å². The second-order valence-electron chi connectivity index (χ2n) is 2.97. The predicted octanol–water partition coefficient (Wildman–Crippen LogP) is 1.84. The molecule has 0 aliphatic carbocycles. The molecule has 0 atom stereocenters. The lowest BCUT2D eigenvalue weighted by Crippen LogP contribution is -2.04. The van der Waals surface area contributed by atoms with Crippen LogP contribution < -0.4 is 0 Å². The fourth-order valence-corrected chi connectivity index (χ4v) is 1.99. The molecule has 0 N–H and O–H groups in total. The minimum absolute atomic E-state index is 0.115. The van der Waals surface area contributed by atoms with E-state index in [0.29, 0.717) is 4.90 Å². The Morgan fingerprint density at radius 1 is 1.36 bits per heavy atom. The minimum atomic E-state index is -3.12. The maximum atomic E-state index is 11.5. The number of pyridine rings is 1. The van der Waals surface area contributed by atoms with Gasteiger partial charge in [-0.2, -0.15) is 0 Å². The van der Waals surface area contributed by atoms with E-state index in [2.05, 4.69) is 4.98 Å². The van der Waals surface area contributed by atoms with Crippen molar-refractivity contribution in [3.63, 3.8) is 0 Å². The molecule has 1 aromatic heterocycles. The van der Waals surface area contributed by atoms with Crippen LogP contribution in [0.1, 0.15) is 25.8 Å². The standard InChI is InChI=1S/C10H14NO2S/c1-3-5-9-6-10(8-11-7-9)14(12,13)4-2/h5-8H,3-4H2,1-2H3. The Morgan fingerprint density at radius 3 is 2.64 bits per heavy atom. The maximum absolute atomic E-state index is 11.5. The smallest absolute Gasteiger partial charge is 0.179 e. The molecule has 0 fully saturated rings. The quantitative estimate of drug-likeness (QED) is 0.765. The fourth-order valence-electron chi connectivity index (χ4n) is 1.12. The van der Waals surface area contributed by atoms with Crippen LogP contribution in [0.3, 0.4) is 0 Å². The highest BCUT2D eigenvalue weighted by Crippen LogP contribution is 2.13. The summed E-state index contributed by atoms with van der Waals surface area (Å²) in [7, 11) is -3.12. The summed E-state index contributed by atoms with van der Waals surface area (Å²) in [6.07, 6.45) is 5.88. The molecule has 0 aromatic carbocycles. The number of nitrogens with zero attached hydrogens (tertiary/aromatic N) is 1. The van der Waals surface area contributed by atoms with Crippen LogP contribution in [0.25, 0.3) is 0 Å². The van der Waals surface area contributed by atoms with Crippen LogP contribution >= 0.6 is 0 Å². The van der Waals surface area contributed by atoms with Crippen LogP contribution in [0.5, 0.6) is 0 Å². The molecule has 0 spiro atoms. The van der Waals surface area contributed by atoms with Crippen LogP contribution in [0, 0.1) is 6.42 Å². The first-order valence-corrected chi connectivity index (χ1v) is 6.26. The van der Waals surface area contributed by atoms with Crippen LogP contribution in [0.2, 0.25) is 0 Å². The Hall–Kier alpha value is -0.900. The van der Waals surface area contributed by atoms with E-state index in [1.807, 2.05) is 13.3 Å². The van der Waals surface area contributed by atoms with Crippen molar-refractivity contribution in [2.45, 2.75) is 25.2 Å². The number of aromatic nitrogens is 1. The SMILES string of the molecule is CC[CH]c1cncc(S(=O)(=O)CC)c1. The Kier molecular flexibility index (Phi) is 3.63. The lowest BCUT2D eigenvalue weighted by atomic mass is 10.2. The summed E-state index contributed by atoms with van der Waals surface area (Å²) in [5, 5.41) is 0. The van der Waals surface area contributed by atoms with Crippen molar-refractivity contribution in [1.82, 2.24) is 4.98 Å². The molecular formula is C10H14NO2S. The van der Waals surface area contributed by atoms with Gasteiger partial charge in [0.15, 0.2) is 9.84 Å². The predicted molar refractivity (Wildman–Crippen MR) is 55.7 cm³/mol. The molecule has 1 rings (SSSR count). The van der Waals surface area contributed by atoms with Gasteiger partial charge in [0.1, 0.15) is 0 Å². The highest BCUT2D eigenvalue weighted by atomic mass is 32.2. The molecule has 0 unspecified atom stereocenters. The van der Waals surface area contributed by atoms with Gasteiger partial charge in [0.25, 0.3) is 0 Å². The van der Waals surface area contributed by atoms with Crippen molar-refractivity contribution in [3.05, 3.63) is 30.4 Å². The van der Waals surface area contributed by atoms with Gasteiger partial charge in [0, 0.05) is 12.4 Å². The zero-order chi connectivity index (χ0) is 10.6. The summed E-state index contributed by atoms with van der Waals surface area (Å²) in [4.78, 5) is 4.21. The summed E-state index contributed by atoms with van der Waals surface area (Å²) in [6, 6.07) is 1.66. The summed E-state index contributed by atoms with van der Waals surface area (Å²) in [5.41, 5.74) is 0.863. The van der Waals surface area contributed by atoms with Gasteiger partial charge in [0.2, 0.25) is 0 Å². The molecule has 0 aliphatic rings. The average molecular weight is 212 g/mol. The molecule has 1 heterocycles. The number of rotatable bonds is 4. The fraction of sp³-hybridized carbons (Fsp3) is 0.400. The lowest BCUT2D eigenvalue weighted by molar-refractivity contribution is 0.597. The van der Waals surface area contributed by atoms with Crippen molar-refractivity contribution >= 4 is 9.84 Å². The average Bonchev–Trinajstić information content (AvgIpc) is 2.19. The third kappa shape index (κ3) is 2.54. The van der Waals surface area contributed by atoms with Gasteiger partial charge in [-0.3, -0.25) is 4.98 Å². The normalized spacial score (nSPS) is 11.6. The zero-order valence-corrected chi connectivity index (χ0v) is 9.21. The van der Waals surface area contributed by atoms with Gasteiger partial charge in [-0.25, -0.2) is 8.42 Å². The molecule has 0 saturated carbocycles. The lowest BCUT2D eigenvalue weighted by Gasteiger charge is -2.02. The topological polar surface area (TPSA) is 47.0 Å². The Morgan fingerprint density at radius 2 is 2.07 bits per heavy atom. The van der Waals surface area contributed by atoms with Gasteiger partial charge >= 0.3 is 0 Å². The third-order valence-corrected chi connectivity index (χ3v) is 3.61. The van der Waals surface area contributed by atoms with E-state index in [1.165, 1.54) is 6.20 Å². The first-order valence-electron chi connectivity index (χ1n) is 4.61. The van der Waals surface area contributed by atoms with Gasteiger partial charge in [-0.1, -0.05) is 13.8 Å². The van der Waals surface area contributed by atoms with E-state index < -0.39 is 9.84 Å². The molecule has 77 valence electrons. The number of hydrogen-bond donors (Lipinski definition) is 0. The van der Waals surface area contributed by atoms with Gasteiger partial charge in [-0.15, -0.1) is 0 Å². The van der Waals surface area contributed by atoms with E-state index in [4.69, 9.17) is 0 Å². The molecule has 1 radical (unpaired) electrons. The Labute approximate surface area is 85.1 Å². The van der Waals surface area contributed by atoms with Crippen LogP contribution in [-0.2, 0) is 9.84 Å². The molecule has 0 bridgehead atoms. The second-order valence-corrected chi connectivity index (χ2v) is 5.25. The summed E-state index contributed by atoms with van der Waals surface area (Å²) >= 11 is 0. The van der Waals surface area contributed by atoms with Crippen LogP contribution in [0.4, 0.5) is 0 Å². The van der Waals surface area contributed by atoms with Gasteiger partial charge in [-0.05, 0) is 24.5 Å². The van der Waals surface area contributed by atoms with E-state index in [9.17, 15) is 8.42 Å². The van der Waals surface area contributed by atoms with Crippen molar-refractivity contribution in [2.75, 3.05) is 5.75 Å².